The second-order valence-corrected chi connectivity index (χ2v) is 7.44. The SMILES string of the molecule is COCC1(CNC(=O)NCc2nc3ccccc3n2C2CC2)CCC1. The Morgan fingerprint density at radius 2 is 2.12 bits per heavy atom. The molecule has 25 heavy (non-hydrogen) atoms. The molecule has 0 bridgehead atoms. The number of amides is 2. The normalized spacial score (nSPS) is 18.8. The smallest absolute Gasteiger partial charge is 0.315 e. The Morgan fingerprint density at radius 1 is 1.32 bits per heavy atom. The van der Waals surface area contributed by atoms with Gasteiger partial charge < -0.3 is 19.9 Å². The molecule has 2 aromatic rings. The third-order valence-corrected chi connectivity index (χ3v) is 5.48. The highest BCUT2D eigenvalue weighted by atomic mass is 16.5. The molecular weight excluding hydrogens is 316 g/mol. The van der Waals surface area contributed by atoms with Crippen LogP contribution in [-0.2, 0) is 11.3 Å². The number of fused-ring (bicyclic) bond motifs is 1. The van der Waals surface area contributed by atoms with Crippen LogP contribution in [0.3, 0.4) is 0 Å². The number of aromatic nitrogens is 2. The second-order valence-electron chi connectivity index (χ2n) is 7.44. The fourth-order valence-corrected chi connectivity index (χ4v) is 3.80. The van der Waals surface area contributed by atoms with Gasteiger partial charge in [-0.15, -0.1) is 0 Å². The molecule has 2 amide bonds. The Morgan fingerprint density at radius 3 is 2.80 bits per heavy atom. The van der Waals surface area contributed by atoms with Gasteiger partial charge in [0.1, 0.15) is 5.82 Å². The Kier molecular flexibility index (Phi) is 4.37. The Balaban J connectivity index is 1.37. The minimum atomic E-state index is -0.128. The topological polar surface area (TPSA) is 68.2 Å². The molecule has 0 aliphatic heterocycles. The summed E-state index contributed by atoms with van der Waals surface area (Å²) in [6, 6.07) is 8.59. The summed E-state index contributed by atoms with van der Waals surface area (Å²) in [5.74, 6) is 0.939. The standard InChI is InChI=1S/C19H26N4O2/c1-25-13-19(9-4-10-19)12-21-18(24)20-11-17-22-15-5-2-3-6-16(15)23(17)14-7-8-14/h2-3,5-6,14H,4,7-13H2,1H3,(H2,20,21,24). The molecule has 1 aromatic heterocycles. The van der Waals surface area contributed by atoms with Crippen LogP contribution in [0.25, 0.3) is 11.0 Å². The molecule has 0 spiro atoms. The first kappa shape index (κ1) is 16.4. The van der Waals surface area contributed by atoms with Crippen LogP contribution in [0.5, 0.6) is 0 Å². The number of ether oxygens (including phenoxy) is 1. The zero-order valence-corrected chi connectivity index (χ0v) is 14.8. The van der Waals surface area contributed by atoms with Crippen LogP contribution in [0.1, 0.15) is 44.0 Å². The predicted molar refractivity (Wildman–Crippen MR) is 96.4 cm³/mol. The summed E-state index contributed by atoms with van der Waals surface area (Å²) in [5, 5.41) is 5.98. The molecule has 0 saturated heterocycles. The molecular formula is C19H26N4O2. The van der Waals surface area contributed by atoms with Crippen LogP contribution in [0, 0.1) is 5.41 Å². The molecule has 6 heteroatoms. The first-order valence-electron chi connectivity index (χ1n) is 9.17. The summed E-state index contributed by atoms with van der Waals surface area (Å²) in [7, 11) is 1.72. The highest BCUT2D eigenvalue weighted by molar-refractivity contribution is 5.77. The van der Waals surface area contributed by atoms with E-state index in [1.165, 1.54) is 19.3 Å². The molecule has 1 heterocycles. The molecule has 2 N–H and O–H groups in total. The Labute approximate surface area is 147 Å². The summed E-state index contributed by atoms with van der Waals surface area (Å²) >= 11 is 0. The van der Waals surface area contributed by atoms with Crippen molar-refractivity contribution in [2.45, 2.75) is 44.7 Å². The van der Waals surface area contributed by atoms with Crippen LogP contribution in [0.15, 0.2) is 24.3 Å². The fourth-order valence-electron chi connectivity index (χ4n) is 3.80. The zero-order valence-electron chi connectivity index (χ0n) is 14.8. The van der Waals surface area contributed by atoms with Crippen molar-refractivity contribution >= 4 is 17.1 Å². The van der Waals surface area contributed by atoms with Crippen molar-refractivity contribution in [2.75, 3.05) is 20.3 Å². The average Bonchev–Trinajstić information content (AvgIpc) is 3.35. The van der Waals surface area contributed by atoms with Crippen molar-refractivity contribution in [1.82, 2.24) is 20.2 Å². The maximum Gasteiger partial charge on any atom is 0.315 e. The van der Waals surface area contributed by atoms with E-state index in [-0.39, 0.29) is 11.4 Å². The first-order valence-corrected chi connectivity index (χ1v) is 9.17. The Hall–Kier alpha value is -2.08. The first-order chi connectivity index (χ1) is 12.2. The summed E-state index contributed by atoms with van der Waals surface area (Å²) in [5.41, 5.74) is 2.30. The highest BCUT2D eigenvalue weighted by Gasteiger charge is 2.37. The van der Waals surface area contributed by atoms with Gasteiger partial charge in [0.15, 0.2) is 0 Å². The van der Waals surface area contributed by atoms with E-state index in [2.05, 4.69) is 21.3 Å². The number of carbonyl (C=O) groups excluding carboxylic acids is 1. The molecule has 2 fully saturated rings. The van der Waals surface area contributed by atoms with E-state index in [1.807, 2.05) is 18.2 Å². The van der Waals surface area contributed by atoms with E-state index in [4.69, 9.17) is 9.72 Å². The predicted octanol–water partition coefficient (Wildman–Crippen LogP) is 2.99. The number of para-hydroxylation sites is 2. The van der Waals surface area contributed by atoms with Gasteiger partial charge in [-0.1, -0.05) is 18.6 Å². The lowest BCUT2D eigenvalue weighted by atomic mass is 9.69. The lowest BCUT2D eigenvalue weighted by Gasteiger charge is -2.41. The second kappa shape index (κ2) is 6.67. The van der Waals surface area contributed by atoms with E-state index in [1.54, 1.807) is 7.11 Å². The third-order valence-electron chi connectivity index (χ3n) is 5.48. The van der Waals surface area contributed by atoms with Crippen molar-refractivity contribution in [2.24, 2.45) is 5.41 Å². The van der Waals surface area contributed by atoms with Crippen LogP contribution >= 0.6 is 0 Å². The van der Waals surface area contributed by atoms with E-state index < -0.39 is 0 Å². The number of nitrogens with zero attached hydrogens (tertiary/aromatic N) is 2. The quantitative estimate of drug-likeness (QED) is 0.813. The Bertz CT molecular complexity index is 762. The molecule has 2 saturated carbocycles. The number of benzene rings is 1. The number of imidazole rings is 1. The summed E-state index contributed by atoms with van der Waals surface area (Å²) in [6.45, 7) is 1.84. The van der Waals surface area contributed by atoms with Gasteiger partial charge in [0.2, 0.25) is 0 Å². The van der Waals surface area contributed by atoms with Crippen molar-refractivity contribution in [3.8, 4) is 0 Å². The minimum Gasteiger partial charge on any atom is -0.384 e. The van der Waals surface area contributed by atoms with E-state index in [0.717, 1.165) is 29.7 Å². The maximum atomic E-state index is 12.2. The van der Waals surface area contributed by atoms with Gasteiger partial charge >= 0.3 is 6.03 Å². The molecule has 2 aliphatic carbocycles. The number of carbonyl (C=O) groups is 1. The van der Waals surface area contributed by atoms with Crippen LogP contribution in [0.2, 0.25) is 0 Å². The number of methoxy groups -OCH3 is 1. The largest absolute Gasteiger partial charge is 0.384 e. The van der Waals surface area contributed by atoms with E-state index in [0.29, 0.717) is 25.7 Å². The van der Waals surface area contributed by atoms with Crippen molar-refractivity contribution in [3.05, 3.63) is 30.1 Å². The molecule has 4 rings (SSSR count). The van der Waals surface area contributed by atoms with Gasteiger partial charge in [-0.3, -0.25) is 0 Å². The van der Waals surface area contributed by atoms with Gasteiger partial charge in [-0.2, -0.15) is 0 Å². The van der Waals surface area contributed by atoms with Crippen LogP contribution < -0.4 is 10.6 Å². The number of nitrogens with one attached hydrogen (secondary N) is 2. The van der Waals surface area contributed by atoms with Crippen molar-refractivity contribution in [1.29, 1.82) is 0 Å². The molecule has 0 radical (unpaired) electrons. The monoisotopic (exact) mass is 342 g/mol. The minimum absolute atomic E-state index is 0.128. The maximum absolute atomic E-state index is 12.2. The highest BCUT2D eigenvalue weighted by Crippen LogP contribution is 2.40. The van der Waals surface area contributed by atoms with Crippen molar-refractivity contribution in [3.63, 3.8) is 0 Å². The number of hydrogen-bond acceptors (Lipinski definition) is 3. The van der Waals surface area contributed by atoms with E-state index >= 15 is 0 Å². The van der Waals surface area contributed by atoms with Crippen LogP contribution in [0.4, 0.5) is 4.79 Å². The molecule has 0 atom stereocenters. The zero-order chi connectivity index (χ0) is 17.3. The lowest BCUT2D eigenvalue weighted by Crippen LogP contribution is -2.47. The molecule has 1 aromatic carbocycles. The van der Waals surface area contributed by atoms with E-state index in [9.17, 15) is 4.79 Å². The van der Waals surface area contributed by atoms with Gasteiger partial charge in [0, 0.05) is 25.1 Å². The van der Waals surface area contributed by atoms with Crippen LogP contribution in [-0.4, -0.2) is 35.8 Å². The lowest BCUT2D eigenvalue weighted by molar-refractivity contribution is 0.0200. The fraction of sp³-hybridized carbons (Fsp3) is 0.579. The number of urea groups is 1. The summed E-state index contributed by atoms with van der Waals surface area (Å²) in [4.78, 5) is 16.9. The summed E-state index contributed by atoms with van der Waals surface area (Å²) in [6.07, 6.45) is 5.85. The van der Waals surface area contributed by atoms with Gasteiger partial charge in [-0.05, 0) is 37.8 Å². The molecule has 0 unspecified atom stereocenters. The number of hydrogen-bond donors (Lipinski definition) is 2. The molecule has 2 aliphatic rings. The average molecular weight is 342 g/mol. The molecule has 6 nitrogen and oxygen atoms in total. The molecule has 134 valence electrons. The van der Waals surface area contributed by atoms with Crippen molar-refractivity contribution < 1.29 is 9.53 Å². The van der Waals surface area contributed by atoms with Gasteiger partial charge in [0.25, 0.3) is 0 Å². The summed E-state index contributed by atoms with van der Waals surface area (Å²) < 4.78 is 7.59. The number of rotatable bonds is 7. The van der Waals surface area contributed by atoms with Gasteiger partial charge in [-0.25, -0.2) is 9.78 Å². The third kappa shape index (κ3) is 3.35. The van der Waals surface area contributed by atoms with Gasteiger partial charge in [0.05, 0.1) is 24.2 Å².